The first-order valence-electron chi connectivity index (χ1n) is 11.2. The van der Waals surface area contributed by atoms with Crippen LogP contribution in [0.4, 0.5) is 24.5 Å². The Hall–Kier alpha value is -2.84. The van der Waals surface area contributed by atoms with E-state index in [2.05, 4.69) is 27.1 Å². The van der Waals surface area contributed by atoms with Crippen LogP contribution in [-0.4, -0.2) is 61.2 Å². The minimum Gasteiger partial charge on any atom is -0.493 e. The Morgan fingerprint density at radius 1 is 1.03 bits per heavy atom. The van der Waals surface area contributed by atoms with Crippen molar-refractivity contribution in [1.82, 2.24) is 14.8 Å². The number of aromatic nitrogens is 1. The van der Waals surface area contributed by atoms with Crippen molar-refractivity contribution in [2.75, 3.05) is 51.7 Å². The quantitative estimate of drug-likeness (QED) is 0.485. The molecule has 1 aliphatic rings. The highest BCUT2D eigenvalue weighted by Gasteiger charge is 2.31. The number of likely N-dealkylation sites (N-methyl/N-ethyl adjacent to an activating group) is 1. The molecule has 0 aliphatic carbocycles. The Kier molecular flexibility index (Phi) is 7.05. The van der Waals surface area contributed by atoms with Crippen LogP contribution in [0.5, 0.6) is 5.75 Å². The van der Waals surface area contributed by atoms with Gasteiger partial charge in [0.25, 0.3) is 0 Å². The Labute approximate surface area is 192 Å². The number of ether oxygens (including phenoxy) is 1. The molecule has 2 aromatic carbocycles. The maximum absolute atomic E-state index is 13.6. The molecule has 33 heavy (non-hydrogen) atoms. The summed E-state index contributed by atoms with van der Waals surface area (Å²) in [7, 11) is 2.11. The third-order valence-electron chi connectivity index (χ3n) is 5.84. The van der Waals surface area contributed by atoms with Crippen molar-refractivity contribution in [2.24, 2.45) is 0 Å². The number of hydrogen-bond acceptors (Lipinski definition) is 5. The fourth-order valence-electron chi connectivity index (χ4n) is 4.03. The number of pyridine rings is 1. The molecule has 8 heteroatoms. The summed E-state index contributed by atoms with van der Waals surface area (Å²) in [6.07, 6.45) is -3.71. The lowest BCUT2D eigenvalue weighted by atomic mass is 10.1. The monoisotopic (exact) mass is 458 g/mol. The first-order chi connectivity index (χ1) is 15.8. The van der Waals surface area contributed by atoms with Crippen LogP contribution in [0, 0.1) is 6.92 Å². The number of aryl methyl sites for hydroxylation is 1. The summed E-state index contributed by atoms with van der Waals surface area (Å²) in [5, 5.41) is 4.00. The molecule has 1 aromatic heterocycles. The minimum atomic E-state index is -4.47. The molecule has 0 saturated carbocycles. The van der Waals surface area contributed by atoms with Crippen LogP contribution in [0.2, 0.25) is 0 Å². The van der Waals surface area contributed by atoms with Gasteiger partial charge in [0, 0.05) is 61.2 Å². The highest BCUT2D eigenvalue weighted by molar-refractivity contribution is 5.93. The van der Waals surface area contributed by atoms with Gasteiger partial charge in [-0.2, -0.15) is 13.2 Å². The van der Waals surface area contributed by atoms with Crippen LogP contribution in [0.25, 0.3) is 10.9 Å². The van der Waals surface area contributed by atoms with Crippen LogP contribution >= 0.6 is 0 Å². The SMILES string of the molecule is Cc1cc(Nc2cc(OCCCN3CCN(C)CC3)cc(C(F)(F)F)c2)c2ccccc2n1. The highest BCUT2D eigenvalue weighted by atomic mass is 19.4. The molecule has 2 heterocycles. The first-order valence-corrected chi connectivity index (χ1v) is 11.2. The topological polar surface area (TPSA) is 40.6 Å². The van der Waals surface area contributed by atoms with E-state index in [9.17, 15) is 13.2 Å². The molecule has 176 valence electrons. The maximum Gasteiger partial charge on any atom is 0.416 e. The summed E-state index contributed by atoms with van der Waals surface area (Å²) >= 11 is 0. The van der Waals surface area contributed by atoms with Crippen LogP contribution < -0.4 is 10.1 Å². The van der Waals surface area contributed by atoms with Gasteiger partial charge < -0.3 is 19.9 Å². The number of halogens is 3. The second-order valence-corrected chi connectivity index (χ2v) is 8.54. The number of rotatable bonds is 7. The van der Waals surface area contributed by atoms with Crippen LogP contribution in [-0.2, 0) is 6.18 Å². The van der Waals surface area contributed by atoms with E-state index in [0.29, 0.717) is 18.0 Å². The van der Waals surface area contributed by atoms with E-state index < -0.39 is 11.7 Å². The summed E-state index contributed by atoms with van der Waals surface area (Å²) < 4.78 is 46.4. The zero-order valence-electron chi connectivity index (χ0n) is 19.0. The normalized spacial score (nSPS) is 15.7. The molecule has 1 saturated heterocycles. The summed E-state index contributed by atoms with van der Waals surface area (Å²) in [6.45, 7) is 7.18. The Morgan fingerprint density at radius 2 is 1.79 bits per heavy atom. The summed E-state index contributed by atoms with van der Waals surface area (Å²) in [6, 6.07) is 13.2. The van der Waals surface area contributed by atoms with Gasteiger partial charge in [0.05, 0.1) is 17.7 Å². The lowest BCUT2D eigenvalue weighted by Gasteiger charge is -2.32. The predicted molar refractivity (Wildman–Crippen MR) is 125 cm³/mol. The van der Waals surface area contributed by atoms with Crippen molar-refractivity contribution in [3.05, 3.63) is 59.8 Å². The van der Waals surface area contributed by atoms with Crippen molar-refractivity contribution in [3.8, 4) is 5.75 Å². The van der Waals surface area contributed by atoms with Gasteiger partial charge in [0.2, 0.25) is 0 Å². The average Bonchev–Trinajstić information content (AvgIpc) is 2.77. The van der Waals surface area contributed by atoms with Gasteiger partial charge in [-0.05, 0) is 44.7 Å². The van der Waals surface area contributed by atoms with Crippen LogP contribution in [0.1, 0.15) is 17.7 Å². The van der Waals surface area contributed by atoms with E-state index in [1.165, 1.54) is 0 Å². The van der Waals surface area contributed by atoms with Crippen molar-refractivity contribution in [1.29, 1.82) is 0 Å². The molecule has 4 rings (SSSR count). The van der Waals surface area contributed by atoms with Gasteiger partial charge in [0.15, 0.2) is 0 Å². The van der Waals surface area contributed by atoms with Gasteiger partial charge in [-0.1, -0.05) is 18.2 Å². The van der Waals surface area contributed by atoms with E-state index >= 15 is 0 Å². The third kappa shape index (κ3) is 6.15. The number of piperazine rings is 1. The molecule has 1 aliphatic heterocycles. The molecule has 0 amide bonds. The summed E-state index contributed by atoms with van der Waals surface area (Å²) in [5.74, 6) is 0.209. The van der Waals surface area contributed by atoms with Crippen molar-refractivity contribution < 1.29 is 17.9 Å². The van der Waals surface area contributed by atoms with Gasteiger partial charge in [-0.25, -0.2) is 0 Å². The van der Waals surface area contributed by atoms with Crippen molar-refractivity contribution in [3.63, 3.8) is 0 Å². The fraction of sp³-hybridized carbons (Fsp3) is 0.400. The molecule has 0 radical (unpaired) electrons. The number of alkyl halides is 3. The van der Waals surface area contributed by atoms with E-state index in [1.54, 1.807) is 6.07 Å². The van der Waals surface area contributed by atoms with E-state index in [1.807, 2.05) is 37.3 Å². The van der Waals surface area contributed by atoms with E-state index in [0.717, 1.165) is 67.9 Å². The second-order valence-electron chi connectivity index (χ2n) is 8.54. The Bertz CT molecular complexity index is 1090. The molecule has 0 atom stereocenters. The molecular weight excluding hydrogens is 429 g/mol. The van der Waals surface area contributed by atoms with Gasteiger partial charge in [-0.3, -0.25) is 4.98 Å². The highest BCUT2D eigenvalue weighted by Crippen LogP contribution is 2.36. The van der Waals surface area contributed by atoms with E-state index in [4.69, 9.17) is 4.74 Å². The number of para-hydroxylation sites is 1. The zero-order chi connectivity index (χ0) is 23.4. The average molecular weight is 459 g/mol. The lowest BCUT2D eigenvalue weighted by molar-refractivity contribution is -0.137. The predicted octanol–water partition coefficient (Wildman–Crippen LogP) is 5.32. The zero-order valence-corrected chi connectivity index (χ0v) is 19.0. The molecule has 5 nitrogen and oxygen atoms in total. The smallest absolute Gasteiger partial charge is 0.416 e. The number of nitrogens with one attached hydrogen (secondary N) is 1. The molecular formula is C25H29F3N4O. The standard InChI is InChI=1S/C25H29F3N4O/c1-18-14-24(22-6-3-4-7-23(22)29-18)30-20-15-19(25(26,27)28)16-21(17-20)33-13-5-8-32-11-9-31(2)10-12-32/h3-4,6-7,14-17H,5,8-13H2,1-2H3,(H,29,30). The Morgan fingerprint density at radius 3 is 2.55 bits per heavy atom. The molecule has 1 N–H and O–H groups in total. The molecule has 0 unspecified atom stereocenters. The van der Waals surface area contributed by atoms with Crippen molar-refractivity contribution >= 4 is 22.3 Å². The number of anilines is 2. The summed E-state index contributed by atoms with van der Waals surface area (Å²) in [5.41, 5.74) is 1.86. The van der Waals surface area contributed by atoms with Gasteiger partial charge in [0.1, 0.15) is 5.75 Å². The van der Waals surface area contributed by atoms with E-state index in [-0.39, 0.29) is 5.75 Å². The molecule has 0 spiro atoms. The first kappa shape index (κ1) is 23.3. The molecule has 1 fully saturated rings. The number of hydrogen-bond donors (Lipinski definition) is 1. The Balaban J connectivity index is 1.49. The van der Waals surface area contributed by atoms with Gasteiger partial charge in [-0.15, -0.1) is 0 Å². The number of nitrogens with zero attached hydrogens (tertiary/aromatic N) is 3. The van der Waals surface area contributed by atoms with Crippen LogP contribution in [0.3, 0.4) is 0 Å². The summed E-state index contributed by atoms with van der Waals surface area (Å²) in [4.78, 5) is 9.14. The maximum atomic E-state index is 13.6. The minimum absolute atomic E-state index is 0.209. The van der Waals surface area contributed by atoms with Crippen molar-refractivity contribution in [2.45, 2.75) is 19.5 Å². The largest absolute Gasteiger partial charge is 0.493 e. The number of benzene rings is 2. The fourth-order valence-corrected chi connectivity index (χ4v) is 4.03. The number of fused-ring (bicyclic) bond motifs is 1. The second kappa shape index (κ2) is 9.97. The molecule has 3 aromatic rings. The molecule has 0 bridgehead atoms. The third-order valence-corrected chi connectivity index (χ3v) is 5.84. The van der Waals surface area contributed by atoms with Gasteiger partial charge >= 0.3 is 6.18 Å². The van der Waals surface area contributed by atoms with Crippen LogP contribution in [0.15, 0.2) is 48.5 Å². The lowest BCUT2D eigenvalue weighted by Crippen LogP contribution is -2.44.